The van der Waals surface area contributed by atoms with Crippen molar-refractivity contribution in [3.63, 3.8) is 0 Å². The van der Waals surface area contributed by atoms with Gasteiger partial charge in [0.25, 0.3) is 11.6 Å². The van der Waals surface area contributed by atoms with Crippen LogP contribution in [0.3, 0.4) is 0 Å². The molecule has 0 heterocycles. The molecule has 1 N–H and O–H groups in total. The van der Waals surface area contributed by atoms with Crippen LogP contribution in [0.15, 0.2) is 42.5 Å². The van der Waals surface area contributed by atoms with Crippen molar-refractivity contribution in [3.05, 3.63) is 68.7 Å². The van der Waals surface area contributed by atoms with Crippen LogP contribution in [0.4, 0.5) is 11.4 Å². The molecule has 0 unspecified atom stereocenters. The van der Waals surface area contributed by atoms with E-state index in [2.05, 4.69) is 5.32 Å². The molecule has 5 nitrogen and oxygen atoms in total. The predicted octanol–water partition coefficient (Wildman–Crippen LogP) is 4.06. The molecule has 6 heteroatoms. The zero-order valence-corrected chi connectivity index (χ0v) is 12.1. The van der Waals surface area contributed by atoms with Gasteiger partial charge < -0.3 is 5.32 Å². The summed E-state index contributed by atoms with van der Waals surface area (Å²) < 4.78 is 0. The molecule has 2 aromatic carbocycles. The molecule has 0 fully saturated rings. The molecule has 21 heavy (non-hydrogen) atoms. The molecular weight excluding hydrogens is 292 g/mol. The van der Waals surface area contributed by atoms with Crippen molar-refractivity contribution < 1.29 is 9.72 Å². The van der Waals surface area contributed by atoms with Gasteiger partial charge in [0, 0.05) is 17.3 Å². The van der Waals surface area contributed by atoms with Crippen LogP contribution in [-0.2, 0) is 6.42 Å². The number of nitro groups is 1. The Hall–Kier alpha value is -2.40. The summed E-state index contributed by atoms with van der Waals surface area (Å²) in [5.41, 5.74) is 1.88. The van der Waals surface area contributed by atoms with Crippen LogP contribution < -0.4 is 5.32 Å². The van der Waals surface area contributed by atoms with Gasteiger partial charge in [-0.2, -0.15) is 0 Å². The predicted molar refractivity (Wildman–Crippen MR) is 81.9 cm³/mol. The zero-order chi connectivity index (χ0) is 15.4. The fourth-order valence-electron chi connectivity index (χ4n) is 1.82. The van der Waals surface area contributed by atoms with Crippen molar-refractivity contribution in [1.29, 1.82) is 0 Å². The highest BCUT2D eigenvalue weighted by atomic mass is 35.5. The minimum atomic E-state index is -0.590. The third-order valence-corrected chi connectivity index (χ3v) is 3.33. The monoisotopic (exact) mass is 304 g/mol. The number of nitro benzene ring substituents is 1. The number of rotatable bonds is 4. The molecule has 0 spiro atoms. The van der Waals surface area contributed by atoms with Gasteiger partial charge in [0.15, 0.2) is 0 Å². The van der Waals surface area contributed by atoms with Crippen LogP contribution in [0.25, 0.3) is 0 Å². The summed E-state index contributed by atoms with van der Waals surface area (Å²) in [5, 5.41) is 13.3. The first-order chi connectivity index (χ1) is 10.0. The summed E-state index contributed by atoms with van der Waals surface area (Å²) in [5.74, 6) is -0.365. The van der Waals surface area contributed by atoms with E-state index in [0.717, 1.165) is 6.42 Å². The number of nitrogens with one attached hydrogen (secondary N) is 1. The number of halogens is 1. The molecule has 0 aliphatic rings. The topological polar surface area (TPSA) is 72.2 Å². The number of anilines is 1. The highest BCUT2D eigenvalue weighted by Crippen LogP contribution is 2.25. The van der Waals surface area contributed by atoms with Crippen LogP contribution in [0.1, 0.15) is 22.8 Å². The number of carbonyl (C=O) groups excluding carboxylic acids is 1. The van der Waals surface area contributed by atoms with Crippen molar-refractivity contribution in [1.82, 2.24) is 0 Å². The fourth-order valence-corrected chi connectivity index (χ4v) is 2.07. The van der Waals surface area contributed by atoms with E-state index >= 15 is 0 Å². The Morgan fingerprint density at radius 1 is 1.24 bits per heavy atom. The Balaban J connectivity index is 2.16. The maximum atomic E-state index is 12.1. The van der Waals surface area contributed by atoms with Gasteiger partial charge in [0.05, 0.1) is 4.92 Å². The Bertz CT molecular complexity index is 684. The smallest absolute Gasteiger partial charge is 0.287 e. The van der Waals surface area contributed by atoms with E-state index in [1.807, 2.05) is 31.2 Å². The fraction of sp³-hybridized carbons (Fsp3) is 0.133. The molecule has 1 amide bonds. The molecule has 0 atom stereocenters. The molecule has 108 valence electrons. The molecule has 0 aliphatic carbocycles. The highest BCUT2D eigenvalue weighted by Gasteiger charge is 2.15. The van der Waals surface area contributed by atoms with Crippen LogP contribution in [0.5, 0.6) is 0 Å². The first-order valence-corrected chi connectivity index (χ1v) is 6.73. The summed E-state index contributed by atoms with van der Waals surface area (Å²) >= 11 is 5.79. The van der Waals surface area contributed by atoms with Crippen molar-refractivity contribution in [3.8, 4) is 0 Å². The summed E-state index contributed by atoms with van der Waals surface area (Å²) in [6.07, 6.45) is 0.923. The maximum Gasteiger partial charge on any atom is 0.287 e. The average molecular weight is 305 g/mol. The number of benzene rings is 2. The summed E-state index contributed by atoms with van der Waals surface area (Å²) in [6.45, 7) is 2.05. The van der Waals surface area contributed by atoms with Gasteiger partial charge in [-0.05, 0) is 36.2 Å². The second-order valence-electron chi connectivity index (χ2n) is 4.43. The Morgan fingerprint density at radius 2 is 1.90 bits per heavy atom. The quantitative estimate of drug-likeness (QED) is 0.683. The van der Waals surface area contributed by atoms with Gasteiger partial charge >= 0.3 is 0 Å². The van der Waals surface area contributed by atoms with E-state index in [1.54, 1.807) is 0 Å². The normalized spacial score (nSPS) is 10.2. The van der Waals surface area contributed by atoms with Gasteiger partial charge in [0.1, 0.15) is 5.02 Å². The summed E-state index contributed by atoms with van der Waals surface area (Å²) in [4.78, 5) is 22.1. The number of nitrogens with zero attached hydrogens (tertiary/aromatic N) is 1. The van der Waals surface area contributed by atoms with Gasteiger partial charge in [0.2, 0.25) is 0 Å². The molecule has 2 aromatic rings. The molecule has 0 saturated carbocycles. The zero-order valence-electron chi connectivity index (χ0n) is 11.3. The van der Waals surface area contributed by atoms with Crippen molar-refractivity contribution in [2.24, 2.45) is 0 Å². The van der Waals surface area contributed by atoms with E-state index in [0.29, 0.717) is 5.69 Å². The molecule has 0 saturated heterocycles. The summed E-state index contributed by atoms with van der Waals surface area (Å²) in [6, 6.07) is 11.4. The molecule has 0 aliphatic heterocycles. The van der Waals surface area contributed by atoms with Crippen molar-refractivity contribution in [2.75, 3.05) is 5.32 Å². The lowest BCUT2D eigenvalue weighted by Gasteiger charge is -2.06. The lowest BCUT2D eigenvalue weighted by molar-refractivity contribution is -0.384. The standard InChI is InChI=1S/C15H13ClN2O3/c1-2-10-3-6-12(7-4-10)17-15(19)11-5-8-14(18(20)21)13(16)9-11/h3-9H,2H2,1H3,(H,17,19). The number of amides is 1. The Labute approximate surface area is 126 Å². The maximum absolute atomic E-state index is 12.1. The first-order valence-electron chi connectivity index (χ1n) is 6.35. The van der Waals surface area contributed by atoms with E-state index < -0.39 is 4.92 Å². The third kappa shape index (κ3) is 3.58. The largest absolute Gasteiger partial charge is 0.322 e. The summed E-state index contributed by atoms with van der Waals surface area (Å²) in [7, 11) is 0. The Kier molecular flexibility index (Phi) is 4.55. The van der Waals surface area contributed by atoms with E-state index in [9.17, 15) is 14.9 Å². The SMILES string of the molecule is CCc1ccc(NC(=O)c2ccc([N+](=O)[O-])c(Cl)c2)cc1. The highest BCUT2D eigenvalue weighted by molar-refractivity contribution is 6.33. The van der Waals surface area contributed by atoms with Crippen LogP contribution >= 0.6 is 11.6 Å². The molecule has 0 bridgehead atoms. The van der Waals surface area contributed by atoms with Crippen molar-refractivity contribution >= 4 is 28.9 Å². The number of aryl methyl sites for hydroxylation is 1. The van der Waals surface area contributed by atoms with Gasteiger partial charge in [-0.1, -0.05) is 30.7 Å². The van der Waals surface area contributed by atoms with Crippen LogP contribution in [-0.4, -0.2) is 10.8 Å². The molecule has 2 rings (SSSR count). The van der Waals surface area contributed by atoms with Crippen molar-refractivity contribution in [2.45, 2.75) is 13.3 Å². The minimum absolute atomic E-state index is 0.0611. The molecule has 0 aromatic heterocycles. The average Bonchev–Trinajstić information content (AvgIpc) is 2.47. The van der Waals surface area contributed by atoms with E-state index in [4.69, 9.17) is 11.6 Å². The van der Waals surface area contributed by atoms with Crippen LogP contribution in [0.2, 0.25) is 5.02 Å². The molecular formula is C15H13ClN2O3. The number of hydrogen-bond donors (Lipinski definition) is 1. The number of carbonyl (C=O) groups is 1. The second-order valence-corrected chi connectivity index (χ2v) is 4.84. The molecule has 0 radical (unpaired) electrons. The lowest BCUT2D eigenvalue weighted by atomic mass is 10.1. The first kappa shape index (κ1) is 15.0. The third-order valence-electron chi connectivity index (χ3n) is 3.03. The second kappa shape index (κ2) is 6.37. The van der Waals surface area contributed by atoms with E-state index in [-0.39, 0.29) is 22.2 Å². The minimum Gasteiger partial charge on any atom is -0.322 e. The van der Waals surface area contributed by atoms with Crippen LogP contribution in [0, 0.1) is 10.1 Å². The van der Waals surface area contributed by atoms with Gasteiger partial charge in [-0.3, -0.25) is 14.9 Å². The van der Waals surface area contributed by atoms with Gasteiger partial charge in [-0.25, -0.2) is 0 Å². The number of hydrogen-bond acceptors (Lipinski definition) is 3. The Morgan fingerprint density at radius 3 is 2.43 bits per heavy atom. The lowest BCUT2D eigenvalue weighted by Crippen LogP contribution is -2.12. The van der Waals surface area contributed by atoms with E-state index in [1.165, 1.54) is 23.8 Å². The van der Waals surface area contributed by atoms with Gasteiger partial charge in [-0.15, -0.1) is 0 Å².